The van der Waals surface area contributed by atoms with E-state index in [0.717, 1.165) is 0 Å². The minimum Gasteiger partial charge on any atom is -0.166 e. The quantitative estimate of drug-likeness (QED) is 0.674. The van der Waals surface area contributed by atoms with E-state index in [4.69, 9.17) is 0 Å². The predicted octanol–water partition coefficient (Wildman–Crippen LogP) is 4.88. The molecule has 0 aromatic carbocycles. The molecule has 0 aliphatic heterocycles. The molecular formula is C12H17F3S2. The van der Waals surface area contributed by atoms with Crippen molar-refractivity contribution in [2.75, 3.05) is 11.5 Å². The Morgan fingerprint density at radius 2 is 1.76 bits per heavy atom. The molecule has 17 heavy (non-hydrogen) atoms. The third-order valence-corrected chi connectivity index (χ3v) is 5.99. The summed E-state index contributed by atoms with van der Waals surface area (Å²) in [5.74, 6) is 1.25. The van der Waals surface area contributed by atoms with Crippen molar-refractivity contribution in [1.82, 2.24) is 0 Å². The zero-order valence-corrected chi connectivity index (χ0v) is 11.8. The molecule has 0 amide bonds. The van der Waals surface area contributed by atoms with Gasteiger partial charge in [-0.2, -0.15) is 13.2 Å². The molecule has 0 fully saturated rings. The van der Waals surface area contributed by atoms with Gasteiger partial charge in [0.05, 0.1) is 9.65 Å². The highest BCUT2D eigenvalue weighted by atomic mass is 32.2. The van der Waals surface area contributed by atoms with Gasteiger partial charge in [-0.1, -0.05) is 39.0 Å². The minimum atomic E-state index is -4.25. The van der Waals surface area contributed by atoms with E-state index < -0.39 is 15.8 Å². The van der Waals surface area contributed by atoms with Gasteiger partial charge in [-0.15, -0.1) is 23.5 Å². The average Bonchev–Trinajstić information content (AvgIpc) is 2.21. The van der Waals surface area contributed by atoms with Crippen LogP contribution in [0.1, 0.15) is 20.8 Å². The largest absolute Gasteiger partial charge is 0.414 e. The number of hydrogen-bond acceptors (Lipinski definition) is 2. The molecular weight excluding hydrogens is 265 g/mol. The maximum atomic E-state index is 13.1. The molecule has 98 valence electrons. The highest BCUT2D eigenvalue weighted by molar-refractivity contribution is 8.18. The molecule has 5 heteroatoms. The van der Waals surface area contributed by atoms with E-state index in [1.807, 2.05) is 26.8 Å². The second kappa shape index (κ2) is 5.74. The number of thioether (sulfide) groups is 2. The third kappa shape index (κ3) is 3.05. The fourth-order valence-electron chi connectivity index (χ4n) is 1.99. The van der Waals surface area contributed by atoms with Crippen LogP contribution >= 0.6 is 23.5 Å². The van der Waals surface area contributed by atoms with Crippen molar-refractivity contribution >= 4 is 23.5 Å². The SMILES string of the molecule is CCSC1(SCC)C(C(F)(F)F)=CC=CC1C. The smallest absolute Gasteiger partial charge is 0.166 e. The van der Waals surface area contributed by atoms with Gasteiger partial charge in [-0.05, 0) is 11.5 Å². The molecule has 0 saturated carbocycles. The van der Waals surface area contributed by atoms with Crippen molar-refractivity contribution in [3.8, 4) is 0 Å². The Labute approximate surface area is 109 Å². The van der Waals surface area contributed by atoms with Crippen LogP contribution in [0.3, 0.4) is 0 Å². The number of allylic oxidation sites excluding steroid dienone is 3. The molecule has 1 aliphatic rings. The van der Waals surface area contributed by atoms with Crippen molar-refractivity contribution < 1.29 is 13.2 Å². The molecule has 0 heterocycles. The molecule has 0 aromatic heterocycles. The van der Waals surface area contributed by atoms with Gasteiger partial charge in [0.1, 0.15) is 0 Å². The van der Waals surface area contributed by atoms with Gasteiger partial charge in [0, 0.05) is 5.92 Å². The van der Waals surface area contributed by atoms with Crippen molar-refractivity contribution in [3.05, 3.63) is 23.8 Å². The number of rotatable bonds is 4. The van der Waals surface area contributed by atoms with Crippen molar-refractivity contribution in [2.24, 2.45) is 5.92 Å². The molecule has 0 radical (unpaired) electrons. The topological polar surface area (TPSA) is 0 Å². The van der Waals surface area contributed by atoms with E-state index in [9.17, 15) is 13.2 Å². The first-order valence-electron chi connectivity index (χ1n) is 5.62. The third-order valence-electron chi connectivity index (χ3n) is 2.66. The van der Waals surface area contributed by atoms with Gasteiger partial charge >= 0.3 is 6.18 Å². The first-order chi connectivity index (χ1) is 7.88. The zero-order chi connectivity index (χ0) is 13.1. The molecule has 1 unspecified atom stereocenters. The Morgan fingerprint density at radius 1 is 1.24 bits per heavy atom. The number of alkyl halides is 3. The summed E-state index contributed by atoms with van der Waals surface area (Å²) in [5.41, 5.74) is -0.404. The summed E-state index contributed by atoms with van der Waals surface area (Å²) in [6.45, 7) is 5.67. The summed E-state index contributed by atoms with van der Waals surface area (Å²) in [6.07, 6.45) is 0.368. The van der Waals surface area contributed by atoms with Crippen molar-refractivity contribution in [3.63, 3.8) is 0 Å². The summed E-state index contributed by atoms with van der Waals surface area (Å²) in [4.78, 5) is 0. The summed E-state index contributed by atoms with van der Waals surface area (Å²) < 4.78 is 38.5. The second-order valence-electron chi connectivity index (χ2n) is 3.79. The summed E-state index contributed by atoms with van der Waals surface area (Å²) in [5, 5.41) is 0. The lowest BCUT2D eigenvalue weighted by Crippen LogP contribution is -2.39. The molecule has 1 rings (SSSR count). The molecule has 0 saturated heterocycles. The van der Waals surface area contributed by atoms with Crippen LogP contribution in [0.4, 0.5) is 13.2 Å². The van der Waals surface area contributed by atoms with Crippen LogP contribution in [-0.4, -0.2) is 21.8 Å². The fraction of sp³-hybridized carbons (Fsp3) is 0.667. The average molecular weight is 282 g/mol. The van der Waals surface area contributed by atoms with Crippen LogP contribution in [0.25, 0.3) is 0 Å². The van der Waals surface area contributed by atoms with E-state index >= 15 is 0 Å². The van der Waals surface area contributed by atoms with Crippen LogP contribution in [0.2, 0.25) is 0 Å². The van der Waals surface area contributed by atoms with Crippen LogP contribution in [0, 0.1) is 5.92 Å². The normalized spacial score (nSPS) is 23.6. The maximum Gasteiger partial charge on any atom is 0.414 e. The molecule has 1 atom stereocenters. The molecule has 0 bridgehead atoms. The van der Waals surface area contributed by atoms with Crippen LogP contribution in [0.5, 0.6) is 0 Å². The predicted molar refractivity (Wildman–Crippen MR) is 71.4 cm³/mol. The van der Waals surface area contributed by atoms with Crippen LogP contribution in [0.15, 0.2) is 23.8 Å². The van der Waals surface area contributed by atoms with Gasteiger partial charge < -0.3 is 0 Å². The monoisotopic (exact) mass is 282 g/mol. The minimum absolute atomic E-state index is 0.112. The lowest BCUT2D eigenvalue weighted by atomic mass is 9.94. The molecule has 0 aromatic rings. The van der Waals surface area contributed by atoms with Crippen LogP contribution in [-0.2, 0) is 0 Å². The maximum absolute atomic E-state index is 13.1. The summed E-state index contributed by atoms with van der Waals surface area (Å²) in [7, 11) is 0. The lowest BCUT2D eigenvalue weighted by Gasteiger charge is -2.41. The summed E-state index contributed by atoms with van der Waals surface area (Å²) in [6, 6.07) is 0. The molecule has 0 nitrogen and oxygen atoms in total. The van der Waals surface area contributed by atoms with Gasteiger partial charge in [0.2, 0.25) is 0 Å². The molecule has 1 aliphatic carbocycles. The van der Waals surface area contributed by atoms with E-state index in [2.05, 4.69) is 0 Å². The standard InChI is InChI=1S/C12H17F3S2/c1-4-16-11(17-5-2)9(3)7-6-8-10(11)12(13,14)15/h6-9H,4-5H2,1-3H3. The zero-order valence-electron chi connectivity index (χ0n) is 10.2. The van der Waals surface area contributed by atoms with E-state index in [0.29, 0.717) is 11.5 Å². The second-order valence-corrected chi connectivity index (χ2v) is 7.06. The molecule has 0 spiro atoms. The van der Waals surface area contributed by atoms with Crippen molar-refractivity contribution in [2.45, 2.75) is 31.0 Å². The highest BCUT2D eigenvalue weighted by Crippen LogP contribution is 2.55. The fourth-order valence-corrected chi connectivity index (χ4v) is 5.25. The Hall–Kier alpha value is -0.0300. The highest BCUT2D eigenvalue weighted by Gasteiger charge is 2.51. The Morgan fingerprint density at radius 3 is 2.18 bits per heavy atom. The van der Waals surface area contributed by atoms with Crippen molar-refractivity contribution in [1.29, 1.82) is 0 Å². The van der Waals surface area contributed by atoms with Gasteiger partial charge in [0.25, 0.3) is 0 Å². The molecule has 0 N–H and O–H groups in total. The summed E-state index contributed by atoms with van der Waals surface area (Å²) >= 11 is 2.78. The number of hydrogen-bond donors (Lipinski definition) is 0. The Bertz CT molecular complexity index is 312. The van der Waals surface area contributed by atoms with E-state index in [1.165, 1.54) is 35.7 Å². The van der Waals surface area contributed by atoms with Crippen LogP contribution < -0.4 is 0 Å². The van der Waals surface area contributed by atoms with Gasteiger partial charge in [0.15, 0.2) is 0 Å². The van der Waals surface area contributed by atoms with Gasteiger partial charge in [-0.25, -0.2) is 0 Å². The first kappa shape index (κ1) is 15.0. The van der Waals surface area contributed by atoms with E-state index in [1.54, 1.807) is 0 Å². The first-order valence-corrected chi connectivity index (χ1v) is 7.59. The Kier molecular flexibility index (Phi) is 5.07. The number of halogens is 3. The Balaban J connectivity index is 3.20. The van der Waals surface area contributed by atoms with Gasteiger partial charge in [-0.3, -0.25) is 0 Å². The van der Waals surface area contributed by atoms with E-state index in [-0.39, 0.29) is 5.92 Å². The lowest BCUT2D eigenvalue weighted by molar-refractivity contribution is -0.0953.